The van der Waals surface area contributed by atoms with Gasteiger partial charge in [0.2, 0.25) is 0 Å². The molecule has 2 heterocycles. The first-order chi connectivity index (χ1) is 5.84. The summed E-state index contributed by atoms with van der Waals surface area (Å²) in [5, 5.41) is 3.13. The van der Waals surface area contributed by atoms with E-state index in [4.69, 9.17) is 9.15 Å². The van der Waals surface area contributed by atoms with Gasteiger partial charge in [0, 0.05) is 20.0 Å². The highest BCUT2D eigenvalue weighted by atomic mass is 16.5. The van der Waals surface area contributed by atoms with Crippen LogP contribution in [0.2, 0.25) is 0 Å². The number of nitrogens with one attached hydrogen (secondary N) is 1. The monoisotopic (exact) mass is 168 g/mol. The molecule has 2 rings (SSSR count). The summed E-state index contributed by atoms with van der Waals surface area (Å²) in [6.45, 7) is 4.27. The Morgan fingerprint density at radius 3 is 3.08 bits per heavy atom. The van der Waals surface area contributed by atoms with Gasteiger partial charge in [0.05, 0.1) is 12.3 Å². The smallest absolute Gasteiger partial charge is 0.191 e. The molecule has 1 aromatic rings. The molecule has 0 spiro atoms. The summed E-state index contributed by atoms with van der Waals surface area (Å²) in [5.41, 5.74) is 0. The highest BCUT2D eigenvalue weighted by Gasteiger charge is 2.17. The van der Waals surface area contributed by atoms with Crippen molar-refractivity contribution < 1.29 is 9.15 Å². The Balaban J connectivity index is 1.79. The molecule has 0 radical (unpaired) electrons. The van der Waals surface area contributed by atoms with Crippen molar-refractivity contribution in [3.05, 3.63) is 17.8 Å². The molecule has 0 unspecified atom stereocenters. The lowest BCUT2D eigenvalue weighted by Gasteiger charge is -2.26. The molecule has 12 heavy (non-hydrogen) atoms. The standard InChI is InChI=1S/C8H12N2O2/c1-6-10-4-8(12-6)5-11-7-2-9-3-7/h4,7,9H,2-3,5H2,1H3. The number of ether oxygens (including phenoxy) is 1. The maximum absolute atomic E-state index is 5.48. The molecular weight excluding hydrogens is 156 g/mol. The normalized spacial score (nSPS) is 17.8. The molecule has 1 aliphatic heterocycles. The molecule has 66 valence electrons. The molecule has 0 amide bonds. The molecule has 4 nitrogen and oxygen atoms in total. The van der Waals surface area contributed by atoms with E-state index in [0.29, 0.717) is 18.6 Å². The minimum absolute atomic E-state index is 0.357. The van der Waals surface area contributed by atoms with Crippen LogP contribution in [-0.2, 0) is 11.3 Å². The van der Waals surface area contributed by atoms with Crippen LogP contribution in [0.15, 0.2) is 10.6 Å². The molecular formula is C8H12N2O2. The fraction of sp³-hybridized carbons (Fsp3) is 0.625. The topological polar surface area (TPSA) is 47.3 Å². The number of hydrogen-bond donors (Lipinski definition) is 1. The van der Waals surface area contributed by atoms with Gasteiger partial charge in [-0.2, -0.15) is 0 Å². The average Bonchev–Trinajstić information content (AvgIpc) is 2.32. The van der Waals surface area contributed by atoms with E-state index < -0.39 is 0 Å². The molecule has 0 aliphatic carbocycles. The van der Waals surface area contributed by atoms with Gasteiger partial charge < -0.3 is 14.5 Å². The van der Waals surface area contributed by atoms with Crippen LogP contribution in [0, 0.1) is 6.92 Å². The molecule has 1 N–H and O–H groups in total. The van der Waals surface area contributed by atoms with E-state index in [2.05, 4.69) is 10.3 Å². The van der Waals surface area contributed by atoms with Crippen molar-refractivity contribution in [2.75, 3.05) is 13.1 Å². The third-order valence-electron chi connectivity index (χ3n) is 1.87. The van der Waals surface area contributed by atoms with E-state index in [1.54, 1.807) is 6.20 Å². The van der Waals surface area contributed by atoms with Crippen LogP contribution in [0.4, 0.5) is 0 Å². The van der Waals surface area contributed by atoms with E-state index in [0.717, 1.165) is 18.8 Å². The predicted molar refractivity (Wildman–Crippen MR) is 42.7 cm³/mol. The van der Waals surface area contributed by atoms with Crippen molar-refractivity contribution in [2.45, 2.75) is 19.6 Å². The third-order valence-corrected chi connectivity index (χ3v) is 1.87. The first-order valence-corrected chi connectivity index (χ1v) is 4.08. The molecule has 1 saturated heterocycles. The largest absolute Gasteiger partial charge is 0.444 e. The maximum Gasteiger partial charge on any atom is 0.191 e. The van der Waals surface area contributed by atoms with Crippen molar-refractivity contribution >= 4 is 0 Å². The SMILES string of the molecule is Cc1ncc(COC2CNC2)o1. The second-order valence-corrected chi connectivity index (χ2v) is 2.94. The van der Waals surface area contributed by atoms with Gasteiger partial charge in [-0.05, 0) is 0 Å². The van der Waals surface area contributed by atoms with Gasteiger partial charge in [-0.1, -0.05) is 0 Å². The van der Waals surface area contributed by atoms with Crippen molar-refractivity contribution in [2.24, 2.45) is 0 Å². The predicted octanol–water partition coefficient (Wildman–Crippen LogP) is 0.471. The quantitative estimate of drug-likeness (QED) is 0.712. The molecule has 4 heteroatoms. The van der Waals surface area contributed by atoms with Crippen molar-refractivity contribution in [3.8, 4) is 0 Å². The summed E-state index contributed by atoms with van der Waals surface area (Å²) in [5.74, 6) is 1.50. The first-order valence-electron chi connectivity index (χ1n) is 4.08. The fourth-order valence-corrected chi connectivity index (χ4v) is 1.05. The van der Waals surface area contributed by atoms with Crippen LogP contribution in [0.25, 0.3) is 0 Å². The van der Waals surface area contributed by atoms with Gasteiger partial charge in [-0.25, -0.2) is 4.98 Å². The Morgan fingerprint density at radius 1 is 1.75 bits per heavy atom. The van der Waals surface area contributed by atoms with E-state index in [1.165, 1.54) is 0 Å². The number of hydrogen-bond acceptors (Lipinski definition) is 4. The zero-order chi connectivity index (χ0) is 8.39. The molecule has 0 saturated carbocycles. The van der Waals surface area contributed by atoms with Crippen LogP contribution in [0.5, 0.6) is 0 Å². The van der Waals surface area contributed by atoms with E-state index >= 15 is 0 Å². The Hall–Kier alpha value is -0.870. The minimum atomic E-state index is 0.357. The van der Waals surface area contributed by atoms with E-state index in [9.17, 15) is 0 Å². The van der Waals surface area contributed by atoms with Crippen LogP contribution in [0.3, 0.4) is 0 Å². The Morgan fingerprint density at radius 2 is 2.58 bits per heavy atom. The van der Waals surface area contributed by atoms with Crippen LogP contribution in [-0.4, -0.2) is 24.2 Å². The third kappa shape index (κ3) is 1.65. The van der Waals surface area contributed by atoms with Crippen molar-refractivity contribution in [3.63, 3.8) is 0 Å². The van der Waals surface area contributed by atoms with E-state index in [-0.39, 0.29) is 0 Å². The Bertz CT molecular complexity index is 255. The molecule has 0 atom stereocenters. The highest BCUT2D eigenvalue weighted by Crippen LogP contribution is 2.07. The summed E-state index contributed by atoms with van der Waals surface area (Å²) in [4.78, 5) is 3.98. The second-order valence-electron chi connectivity index (χ2n) is 2.94. The van der Waals surface area contributed by atoms with Gasteiger partial charge >= 0.3 is 0 Å². The van der Waals surface area contributed by atoms with Gasteiger partial charge in [0.15, 0.2) is 5.89 Å². The Labute approximate surface area is 70.9 Å². The molecule has 1 aromatic heterocycles. The minimum Gasteiger partial charge on any atom is -0.444 e. The second kappa shape index (κ2) is 3.25. The average molecular weight is 168 g/mol. The van der Waals surface area contributed by atoms with Crippen LogP contribution >= 0.6 is 0 Å². The van der Waals surface area contributed by atoms with E-state index in [1.807, 2.05) is 6.92 Å². The zero-order valence-electron chi connectivity index (χ0n) is 7.04. The summed E-state index contributed by atoms with van der Waals surface area (Å²) in [6.07, 6.45) is 2.07. The molecule has 1 fully saturated rings. The van der Waals surface area contributed by atoms with Gasteiger partial charge in [0.25, 0.3) is 0 Å². The van der Waals surface area contributed by atoms with Gasteiger partial charge in [-0.3, -0.25) is 0 Å². The maximum atomic E-state index is 5.48. The zero-order valence-corrected chi connectivity index (χ0v) is 7.04. The number of oxazole rings is 1. The summed E-state index contributed by atoms with van der Waals surface area (Å²) < 4.78 is 10.7. The van der Waals surface area contributed by atoms with Gasteiger partial charge in [-0.15, -0.1) is 0 Å². The highest BCUT2D eigenvalue weighted by molar-refractivity contribution is 4.91. The summed E-state index contributed by atoms with van der Waals surface area (Å²) >= 11 is 0. The summed E-state index contributed by atoms with van der Waals surface area (Å²) in [7, 11) is 0. The van der Waals surface area contributed by atoms with Crippen LogP contribution in [0.1, 0.15) is 11.7 Å². The lowest BCUT2D eigenvalue weighted by Crippen LogP contribution is -2.48. The molecule has 0 aromatic carbocycles. The van der Waals surface area contributed by atoms with Gasteiger partial charge in [0.1, 0.15) is 12.4 Å². The van der Waals surface area contributed by atoms with Crippen molar-refractivity contribution in [1.82, 2.24) is 10.3 Å². The number of aromatic nitrogens is 1. The van der Waals surface area contributed by atoms with Crippen molar-refractivity contribution in [1.29, 1.82) is 0 Å². The molecule has 1 aliphatic rings. The number of rotatable bonds is 3. The fourth-order valence-electron chi connectivity index (χ4n) is 1.05. The lowest BCUT2D eigenvalue weighted by atomic mass is 10.2. The summed E-state index contributed by atoms with van der Waals surface area (Å²) in [6, 6.07) is 0. The first kappa shape index (κ1) is 7.76. The number of nitrogens with zero attached hydrogens (tertiary/aromatic N) is 1. The Kier molecular flexibility index (Phi) is 2.10. The number of aryl methyl sites for hydroxylation is 1. The lowest BCUT2D eigenvalue weighted by molar-refractivity contribution is -0.000319. The molecule has 0 bridgehead atoms. The van der Waals surface area contributed by atoms with Crippen LogP contribution < -0.4 is 5.32 Å².